The average molecular weight is 362 g/mol. The Bertz CT molecular complexity index is 733. The number of carbonyl (C=O) groups excluding carboxylic acids is 2. The number of furan rings is 1. The lowest BCUT2D eigenvalue weighted by Gasteiger charge is -2.07. The fraction of sp³-hybridized carbons (Fsp3) is 0.368. The van der Waals surface area contributed by atoms with Gasteiger partial charge in [-0.25, -0.2) is 9.59 Å². The molecule has 0 saturated carbocycles. The van der Waals surface area contributed by atoms with Crippen molar-refractivity contribution in [3.63, 3.8) is 0 Å². The minimum absolute atomic E-state index is 0.267. The SMILES string of the molecule is COC(=O)c1cc(C(=O)OC)cc(-c2ccc(C[NH2+]CC[NH+](C)C)o2)c1. The molecule has 0 atom stereocenters. The van der Waals surface area contributed by atoms with E-state index in [9.17, 15) is 9.59 Å². The summed E-state index contributed by atoms with van der Waals surface area (Å²) in [4.78, 5) is 25.2. The Morgan fingerprint density at radius 3 is 2.19 bits per heavy atom. The number of rotatable bonds is 8. The number of hydrogen-bond donors (Lipinski definition) is 2. The Hall–Kier alpha value is -2.64. The van der Waals surface area contributed by atoms with Crippen LogP contribution in [0.5, 0.6) is 0 Å². The highest BCUT2D eigenvalue weighted by Gasteiger charge is 2.16. The summed E-state index contributed by atoms with van der Waals surface area (Å²) in [7, 11) is 6.82. The number of benzene rings is 1. The topological polar surface area (TPSA) is 86.8 Å². The molecule has 0 radical (unpaired) electrons. The van der Waals surface area contributed by atoms with Gasteiger partial charge in [0.25, 0.3) is 0 Å². The maximum atomic E-state index is 11.9. The molecule has 0 aliphatic heterocycles. The molecule has 7 nitrogen and oxygen atoms in total. The molecule has 1 heterocycles. The smallest absolute Gasteiger partial charge is 0.337 e. The molecule has 1 aromatic carbocycles. The quantitative estimate of drug-likeness (QED) is 0.499. The molecule has 0 bridgehead atoms. The third-order valence-corrected chi connectivity index (χ3v) is 3.92. The summed E-state index contributed by atoms with van der Waals surface area (Å²) < 4.78 is 15.4. The normalized spacial score (nSPS) is 10.8. The maximum Gasteiger partial charge on any atom is 0.337 e. The van der Waals surface area contributed by atoms with Crippen LogP contribution in [-0.2, 0) is 16.0 Å². The molecule has 0 saturated heterocycles. The van der Waals surface area contributed by atoms with Crippen molar-refractivity contribution in [2.75, 3.05) is 41.4 Å². The third kappa shape index (κ3) is 5.18. The molecule has 140 valence electrons. The first-order chi connectivity index (χ1) is 12.4. The molecule has 1 aromatic heterocycles. The summed E-state index contributed by atoms with van der Waals surface area (Å²) in [6.07, 6.45) is 0. The van der Waals surface area contributed by atoms with Crippen LogP contribution in [0.25, 0.3) is 11.3 Å². The molecule has 0 aliphatic carbocycles. The summed E-state index contributed by atoms with van der Waals surface area (Å²) in [6.45, 7) is 2.80. The van der Waals surface area contributed by atoms with Crippen LogP contribution in [-0.4, -0.2) is 53.3 Å². The predicted octanol–water partition coefficient (Wildman–Crippen LogP) is -0.272. The highest BCUT2D eigenvalue weighted by atomic mass is 16.5. The average Bonchev–Trinajstić information content (AvgIpc) is 3.12. The maximum absolute atomic E-state index is 11.9. The van der Waals surface area contributed by atoms with E-state index in [0.717, 1.165) is 25.4 Å². The van der Waals surface area contributed by atoms with Crippen molar-refractivity contribution < 1.29 is 33.7 Å². The van der Waals surface area contributed by atoms with Crippen molar-refractivity contribution in [1.29, 1.82) is 0 Å². The van der Waals surface area contributed by atoms with E-state index in [2.05, 4.69) is 19.4 Å². The zero-order valence-electron chi connectivity index (χ0n) is 15.6. The fourth-order valence-corrected chi connectivity index (χ4v) is 2.52. The van der Waals surface area contributed by atoms with Gasteiger partial charge in [-0.15, -0.1) is 0 Å². The first-order valence-electron chi connectivity index (χ1n) is 8.46. The van der Waals surface area contributed by atoms with Gasteiger partial charge < -0.3 is 24.1 Å². The molecular weight excluding hydrogens is 336 g/mol. The van der Waals surface area contributed by atoms with Gasteiger partial charge >= 0.3 is 11.9 Å². The van der Waals surface area contributed by atoms with E-state index in [0.29, 0.717) is 11.3 Å². The molecule has 0 fully saturated rings. The summed E-state index contributed by atoms with van der Waals surface area (Å²) in [5.41, 5.74) is 1.16. The molecule has 7 heteroatoms. The second-order valence-electron chi connectivity index (χ2n) is 6.29. The van der Waals surface area contributed by atoms with Gasteiger partial charge in [0.2, 0.25) is 0 Å². The molecular formula is C19H26N2O5+2. The number of methoxy groups -OCH3 is 2. The van der Waals surface area contributed by atoms with E-state index in [1.807, 2.05) is 12.1 Å². The zero-order chi connectivity index (χ0) is 19.1. The van der Waals surface area contributed by atoms with Crippen molar-refractivity contribution >= 4 is 11.9 Å². The largest absolute Gasteiger partial charge is 0.465 e. The minimum atomic E-state index is -0.525. The van der Waals surface area contributed by atoms with Gasteiger partial charge in [-0.05, 0) is 30.3 Å². The number of ether oxygens (including phenoxy) is 2. The summed E-state index contributed by atoms with van der Waals surface area (Å²) in [5, 5.41) is 2.18. The summed E-state index contributed by atoms with van der Waals surface area (Å²) >= 11 is 0. The van der Waals surface area contributed by atoms with Crippen LogP contribution in [0.15, 0.2) is 34.7 Å². The highest BCUT2D eigenvalue weighted by Crippen LogP contribution is 2.25. The fourth-order valence-electron chi connectivity index (χ4n) is 2.52. The predicted molar refractivity (Wildman–Crippen MR) is 95.0 cm³/mol. The minimum Gasteiger partial charge on any atom is -0.465 e. The molecule has 0 spiro atoms. The standard InChI is InChI=1S/C19H24N2O5/c1-21(2)8-7-20-12-16-5-6-17(26-16)13-9-14(18(22)24-3)11-15(10-13)19(23)25-4/h5-6,9-11,20H,7-8,12H2,1-4H3/p+2. The van der Waals surface area contributed by atoms with Gasteiger partial charge in [-0.3, -0.25) is 0 Å². The number of esters is 2. The van der Waals surface area contributed by atoms with Crippen molar-refractivity contribution in [2.24, 2.45) is 0 Å². The van der Waals surface area contributed by atoms with Gasteiger partial charge in [0, 0.05) is 5.56 Å². The molecule has 0 unspecified atom stereocenters. The van der Waals surface area contributed by atoms with Gasteiger partial charge in [-0.2, -0.15) is 0 Å². The van der Waals surface area contributed by atoms with Crippen LogP contribution in [0.1, 0.15) is 26.5 Å². The van der Waals surface area contributed by atoms with Crippen molar-refractivity contribution in [3.8, 4) is 11.3 Å². The second kappa shape index (κ2) is 9.17. The van der Waals surface area contributed by atoms with Crippen LogP contribution in [0.3, 0.4) is 0 Å². The van der Waals surface area contributed by atoms with Crippen LogP contribution in [0.2, 0.25) is 0 Å². The van der Waals surface area contributed by atoms with Crippen molar-refractivity contribution in [2.45, 2.75) is 6.54 Å². The van der Waals surface area contributed by atoms with Gasteiger partial charge in [-0.1, -0.05) is 0 Å². The van der Waals surface area contributed by atoms with Gasteiger partial charge in [0.1, 0.15) is 25.4 Å². The number of likely N-dealkylation sites (N-methyl/N-ethyl adjacent to an activating group) is 1. The van der Waals surface area contributed by atoms with Gasteiger partial charge in [0.05, 0.1) is 39.4 Å². The lowest BCUT2D eigenvalue weighted by Crippen LogP contribution is -3.09. The van der Waals surface area contributed by atoms with Crippen molar-refractivity contribution in [1.82, 2.24) is 0 Å². The summed E-state index contributed by atoms with van der Waals surface area (Å²) in [6, 6.07) is 8.46. The number of quaternary nitrogens is 2. The third-order valence-electron chi connectivity index (χ3n) is 3.92. The van der Waals surface area contributed by atoms with Crippen molar-refractivity contribution in [3.05, 3.63) is 47.2 Å². The van der Waals surface area contributed by atoms with Crippen LogP contribution in [0, 0.1) is 0 Å². The Labute approximate surface area is 152 Å². The van der Waals surface area contributed by atoms with Gasteiger partial charge in [0.15, 0.2) is 5.76 Å². The monoisotopic (exact) mass is 362 g/mol. The summed E-state index contributed by atoms with van der Waals surface area (Å²) in [5.74, 6) is 0.367. The highest BCUT2D eigenvalue weighted by molar-refractivity contribution is 5.97. The molecule has 2 rings (SSSR count). The first-order valence-corrected chi connectivity index (χ1v) is 8.46. The zero-order valence-corrected chi connectivity index (χ0v) is 15.6. The second-order valence-corrected chi connectivity index (χ2v) is 6.29. The van der Waals surface area contributed by atoms with E-state index in [1.165, 1.54) is 25.2 Å². The van der Waals surface area contributed by atoms with E-state index in [1.54, 1.807) is 12.1 Å². The Kier molecular flexibility index (Phi) is 6.94. The number of hydrogen-bond acceptors (Lipinski definition) is 5. The van der Waals surface area contributed by atoms with E-state index in [4.69, 9.17) is 13.9 Å². The number of nitrogens with two attached hydrogens (primary N) is 1. The Morgan fingerprint density at radius 2 is 1.65 bits per heavy atom. The van der Waals surface area contributed by atoms with Crippen LogP contribution < -0.4 is 10.2 Å². The Balaban J connectivity index is 2.21. The number of nitrogens with one attached hydrogen (secondary N) is 1. The lowest BCUT2D eigenvalue weighted by atomic mass is 10.0. The van der Waals surface area contributed by atoms with E-state index in [-0.39, 0.29) is 11.1 Å². The molecule has 3 N–H and O–H groups in total. The van der Waals surface area contributed by atoms with Crippen LogP contribution in [0.4, 0.5) is 0 Å². The molecule has 0 aliphatic rings. The first kappa shape index (κ1) is 19.7. The van der Waals surface area contributed by atoms with E-state index >= 15 is 0 Å². The molecule has 0 amide bonds. The molecule has 2 aromatic rings. The van der Waals surface area contributed by atoms with Crippen LogP contribution >= 0.6 is 0 Å². The molecule has 26 heavy (non-hydrogen) atoms. The Morgan fingerprint density at radius 1 is 1.04 bits per heavy atom. The number of carbonyl (C=O) groups is 2. The lowest BCUT2D eigenvalue weighted by molar-refractivity contribution is -0.875. The van der Waals surface area contributed by atoms with E-state index < -0.39 is 11.9 Å².